The zero-order valence-electron chi connectivity index (χ0n) is 16.1. The molecule has 1 heterocycles. The topological polar surface area (TPSA) is 77.1 Å². The average molecular weight is 375 g/mol. The smallest absolute Gasteiger partial charge is 0.244 e. The van der Waals surface area contributed by atoms with Gasteiger partial charge in [-0.1, -0.05) is 37.1 Å². The molecular formula is C23H25N3O2. The maximum absolute atomic E-state index is 12.4. The van der Waals surface area contributed by atoms with Gasteiger partial charge in [0, 0.05) is 34.4 Å². The van der Waals surface area contributed by atoms with Gasteiger partial charge in [-0.05, 0) is 49.6 Å². The molecule has 2 amide bonds. The fraction of sp³-hybridized carbons (Fsp3) is 0.304. The lowest BCUT2D eigenvalue weighted by Crippen LogP contribution is -2.55. The van der Waals surface area contributed by atoms with Crippen LogP contribution in [0.2, 0.25) is 0 Å². The summed E-state index contributed by atoms with van der Waals surface area (Å²) in [6.07, 6.45) is 6.32. The predicted molar refractivity (Wildman–Crippen MR) is 113 cm³/mol. The number of para-hydroxylation sites is 1. The van der Waals surface area contributed by atoms with Crippen molar-refractivity contribution in [2.24, 2.45) is 5.73 Å². The van der Waals surface area contributed by atoms with Crippen LogP contribution in [0.25, 0.3) is 27.9 Å². The molecule has 4 rings (SSSR count). The normalized spacial score (nSPS) is 16.2. The molecule has 0 radical (unpaired) electrons. The first-order valence-electron chi connectivity index (χ1n) is 9.85. The van der Waals surface area contributed by atoms with Crippen LogP contribution in [0.3, 0.4) is 0 Å². The number of nitrogens with two attached hydrogens (primary N) is 1. The maximum Gasteiger partial charge on any atom is 0.244 e. The van der Waals surface area contributed by atoms with Crippen molar-refractivity contribution in [1.29, 1.82) is 0 Å². The molecule has 3 N–H and O–H groups in total. The van der Waals surface area contributed by atoms with Crippen molar-refractivity contribution in [3.63, 3.8) is 0 Å². The summed E-state index contributed by atoms with van der Waals surface area (Å²) in [5.74, 6) is -0.725. The van der Waals surface area contributed by atoms with Gasteiger partial charge < -0.3 is 15.6 Å². The molecule has 0 atom stereocenters. The third kappa shape index (κ3) is 3.07. The number of carbonyl (C=O) groups is 2. The quantitative estimate of drug-likeness (QED) is 0.667. The minimum atomic E-state index is -0.889. The van der Waals surface area contributed by atoms with E-state index in [-0.39, 0.29) is 5.91 Å². The van der Waals surface area contributed by atoms with Crippen molar-refractivity contribution in [1.82, 2.24) is 9.88 Å². The lowest BCUT2D eigenvalue weighted by Gasteiger charge is -2.25. The summed E-state index contributed by atoms with van der Waals surface area (Å²) in [6, 6.07) is 14.6. The summed E-state index contributed by atoms with van der Waals surface area (Å²) in [6.45, 7) is 3.04. The summed E-state index contributed by atoms with van der Waals surface area (Å²) < 4.78 is 2.29. The van der Waals surface area contributed by atoms with Gasteiger partial charge in [-0.25, -0.2) is 0 Å². The molecule has 2 aromatic carbocycles. The average Bonchev–Trinajstić information content (AvgIpc) is 3.29. The number of hydrogen-bond donors (Lipinski definition) is 2. The Labute approximate surface area is 164 Å². The number of benzene rings is 2. The van der Waals surface area contributed by atoms with Crippen LogP contribution >= 0.6 is 0 Å². The number of fused-ring (bicyclic) bond motifs is 3. The van der Waals surface area contributed by atoms with Gasteiger partial charge in [-0.15, -0.1) is 0 Å². The van der Waals surface area contributed by atoms with E-state index < -0.39 is 11.4 Å². The molecule has 1 saturated carbocycles. The van der Waals surface area contributed by atoms with E-state index in [1.165, 1.54) is 27.9 Å². The van der Waals surface area contributed by atoms with E-state index in [1.54, 1.807) is 6.08 Å². The monoisotopic (exact) mass is 375 g/mol. The van der Waals surface area contributed by atoms with Crippen LogP contribution in [-0.4, -0.2) is 21.9 Å². The number of aromatic nitrogens is 1. The first-order valence-corrected chi connectivity index (χ1v) is 9.85. The van der Waals surface area contributed by atoms with Crippen molar-refractivity contribution in [3.05, 3.63) is 54.1 Å². The lowest BCUT2D eigenvalue weighted by molar-refractivity contribution is -0.129. The van der Waals surface area contributed by atoms with Gasteiger partial charge in [0.1, 0.15) is 5.54 Å². The van der Waals surface area contributed by atoms with Crippen LogP contribution in [0, 0.1) is 0 Å². The van der Waals surface area contributed by atoms with Crippen molar-refractivity contribution >= 4 is 39.7 Å². The van der Waals surface area contributed by atoms with Gasteiger partial charge in [-0.3, -0.25) is 9.59 Å². The Bertz CT molecular complexity index is 1090. The third-order valence-electron chi connectivity index (χ3n) is 5.83. The minimum Gasteiger partial charge on any atom is -0.368 e. The molecule has 1 aliphatic carbocycles. The van der Waals surface area contributed by atoms with Crippen LogP contribution in [0.15, 0.2) is 48.5 Å². The van der Waals surface area contributed by atoms with Crippen molar-refractivity contribution in [3.8, 4) is 0 Å². The molecule has 1 aliphatic rings. The Morgan fingerprint density at radius 2 is 1.82 bits per heavy atom. The van der Waals surface area contributed by atoms with E-state index in [0.717, 1.165) is 24.9 Å². The number of primary amides is 1. The Kier molecular flexibility index (Phi) is 4.67. The lowest BCUT2D eigenvalue weighted by atomic mass is 9.96. The standard InChI is InChI=1S/C23H25N3O2/c1-2-26-19-8-4-3-7-17(19)18-15-16(9-11-20(18)26)10-12-21(27)25-23(22(24)28)13-5-6-14-23/h3-4,7-12,15H,2,5-6,13-14H2,1H3,(H2,24,28)(H,25,27)/b12-10+. The van der Waals surface area contributed by atoms with E-state index in [2.05, 4.69) is 47.1 Å². The van der Waals surface area contributed by atoms with Crippen LogP contribution in [-0.2, 0) is 16.1 Å². The van der Waals surface area contributed by atoms with E-state index >= 15 is 0 Å². The molecule has 0 unspecified atom stereocenters. The first-order chi connectivity index (χ1) is 13.5. The Morgan fingerprint density at radius 1 is 1.11 bits per heavy atom. The highest BCUT2D eigenvalue weighted by Crippen LogP contribution is 2.31. The molecule has 144 valence electrons. The molecule has 1 aromatic heterocycles. The number of carbonyl (C=O) groups excluding carboxylic acids is 2. The highest BCUT2D eigenvalue weighted by molar-refractivity contribution is 6.09. The number of amides is 2. The first kappa shape index (κ1) is 18.3. The van der Waals surface area contributed by atoms with Gasteiger partial charge in [0.2, 0.25) is 11.8 Å². The summed E-state index contributed by atoms with van der Waals surface area (Å²) >= 11 is 0. The third-order valence-corrected chi connectivity index (χ3v) is 5.83. The zero-order valence-corrected chi connectivity index (χ0v) is 16.1. The molecule has 0 spiro atoms. The Balaban J connectivity index is 1.62. The van der Waals surface area contributed by atoms with E-state index in [4.69, 9.17) is 5.73 Å². The minimum absolute atomic E-state index is 0.281. The summed E-state index contributed by atoms with van der Waals surface area (Å²) in [4.78, 5) is 24.2. The largest absolute Gasteiger partial charge is 0.368 e. The molecule has 1 fully saturated rings. The van der Waals surface area contributed by atoms with Crippen LogP contribution in [0.1, 0.15) is 38.2 Å². The van der Waals surface area contributed by atoms with Crippen LogP contribution in [0.4, 0.5) is 0 Å². The second kappa shape index (κ2) is 7.15. The number of nitrogens with zero attached hydrogens (tertiary/aromatic N) is 1. The van der Waals surface area contributed by atoms with Gasteiger partial charge in [0.15, 0.2) is 0 Å². The fourth-order valence-corrected chi connectivity index (χ4v) is 4.38. The highest BCUT2D eigenvalue weighted by Gasteiger charge is 2.40. The van der Waals surface area contributed by atoms with E-state index in [9.17, 15) is 9.59 Å². The zero-order chi connectivity index (χ0) is 19.7. The second-order valence-corrected chi connectivity index (χ2v) is 7.51. The Hall–Kier alpha value is -3.08. The van der Waals surface area contributed by atoms with Crippen molar-refractivity contribution in [2.45, 2.75) is 44.7 Å². The van der Waals surface area contributed by atoms with E-state index in [1.807, 2.05) is 12.1 Å². The molecule has 5 nitrogen and oxygen atoms in total. The molecule has 0 aliphatic heterocycles. The second-order valence-electron chi connectivity index (χ2n) is 7.51. The summed E-state index contributed by atoms with van der Waals surface area (Å²) in [7, 11) is 0. The van der Waals surface area contributed by atoms with Gasteiger partial charge in [-0.2, -0.15) is 0 Å². The number of nitrogens with one attached hydrogen (secondary N) is 1. The van der Waals surface area contributed by atoms with E-state index in [0.29, 0.717) is 12.8 Å². The summed E-state index contributed by atoms with van der Waals surface area (Å²) in [5.41, 5.74) is 7.99. The van der Waals surface area contributed by atoms with Crippen molar-refractivity contribution < 1.29 is 9.59 Å². The highest BCUT2D eigenvalue weighted by atomic mass is 16.2. The molecule has 3 aromatic rings. The maximum atomic E-state index is 12.4. The van der Waals surface area contributed by atoms with Crippen LogP contribution < -0.4 is 11.1 Å². The van der Waals surface area contributed by atoms with Gasteiger partial charge in [0.05, 0.1) is 0 Å². The molecular weight excluding hydrogens is 350 g/mol. The number of rotatable bonds is 5. The number of hydrogen-bond acceptors (Lipinski definition) is 2. The van der Waals surface area contributed by atoms with Crippen molar-refractivity contribution in [2.75, 3.05) is 0 Å². The SMILES string of the molecule is CCn1c2ccccc2c2cc(/C=C/C(=O)NC3(C(N)=O)CCCC3)ccc21. The van der Waals surface area contributed by atoms with Crippen LogP contribution in [0.5, 0.6) is 0 Å². The molecule has 0 saturated heterocycles. The summed E-state index contributed by atoms with van der Waals surface area (Å²) in [5, 5.41) is 5.21. The molecule has 5 heteroatoms. The fourth-order valence-electron chi connectivity index (χ4n) is 4.38. The Morgan fingerprint density at radius 3 is 2.54 bits per heavy atom. The molecule has 0 bridgehead atoms. The van der Waals surface area contributed by atoms with Gasteiger partial charge >= 0.3 is 0 Å². The van der Waals surface area contributed by atoms with Gasteiger partial charge in [0.25, 0.3) is 0 Å². The molecule has 28 heavy (non-hydrogen) atoms. The number of aryl methyl sites for hydroxylation is 1. The predicted octanol–water partition coefficient (Wildman–Crippen LogP) is 3.74.